The van der Waals surface area contributed by atoms with Crippen molar-refractivity contribution in [2.24, 2.45) is 0 Å². The molecule has 0 amide bonds. The Morgan fingerprint density at radius 3 is 3.00 bits per heavy atom. The topological polar surface area (TPSA) is 28.2 Å². The second-order valence-corrected chi connectivity index (χ2v) is 6.26. The van der Waals surface area contributed by atoms with E-state index in [-0.39, 0.29) is 5.54 Å². The third-order valence-electron chi connectivity index (χ3n) is 3.33. The maximum Gasteiger partial charge on any atom is 0.109 e. The van der Waals surface area contributed by atoms with Crippen LogP contribution in [0.4, 0.5) is 0 Å². The highest BCUT2D eigenvalue weighted by molar-refractivity contribution is 7.09. The average molecular weight is 239 g/mol. The molecular weight excluding hydrogens is 218 g/mol. The number of nitrogens with zero attached hydrogens (tertiary/aromatic N) is 2. The van der Waals surface area contributed by atoms with Crippen LogP contribution in [-0.4, -0.2) is 34.6 Å². The smallest absolute Gasteiger partial charge is 0.109 e. The summed E-state index contributed by atoms with van der Waals surface area (Å²) in [6.45, 7) is 11.2. The van der Waals surface area contributed by atoms with E-state index in [1.54, 1.807) is 11.3 Å². The van der Waals surface area contributed by atoms with Crippen molar-refractivity contribution in [3.63, 3.8) is 0 Å². The number of hydrogen-bond acceptors (Lipinski definition) is 4. The molecule has 2 atom stereocenters. The summed E-state index contributed by atoms with van der Waals surface area (Å²) in [5.41, 5.74) is 0.206. The van der Waals surface area contributed by atoms with Gasteiger partial charge in [-0.05, 0) is 27.7 Å². The normalized spacial score (nSPS) is 27.9. The highest BCUT2D eigenvalue weighted by atomic mass is 32.1. The number of nitrogens with one attached hydrogen (secondary N) is 1. The molecule has 0 radical (unpaired) electrons. The van der Waals surface area contributed by atoms with E-state index in [4.69, 9.17) is 0 Å². The maximum atomic E-state index is 4.43. The number of thiazole rings is 1. The predicted octanol–water partition coefficient (Wildman–Crippen LogP) is 2.28. The largest absolute Gasteiger partial charge is 0.309 e. The van der Waals surface area contributed by atoms with E-state index < -0.39 is 0 Å². The summed E-state index contributed by atoms with van der Waals surface area (Å²) in [5.74, 6) is 0. The Kier molecular flexibility index (Phi) is 3.33. The van der Waals surface area contributed by atoms with Crippen molar-refractivity contribution in [3.8, 4) is 0 Å². The first kappa shape index (κ1) is 12.0. The highest BCUT2D eigenvalue weighted by Gasteiger charge is 2.33. The van der Waals surface area contributed by atoms with Gasteiger partial charge in [-0.2, -0.15) is 0 Å². The minimum Gasteiger partial charge on any atom is -0.309 e. The molecule has 4 heteroatoms. The van der Waals surface area contributed by atoms with E-state index in [1.165, 1.54) is 5.01 Å². The Morgan fingerprint density at radius 2 is 2.38 bits per heavy atom. The van der Waals surface area contributed by atoms with Crippen LogP contribution >= 0.6 is 11.3 Å². The van der Waals surface area contributed by atoms with Gasteiger partial charge >= 0.3 is 0 Å². The lowest BCUT2D eigenvalue weighted by Crippen LogP contribution is -2.61. The lowest BCUT2D eigenvalue weighted by atomic mass is 9.98. The molecule has 1 aliphatic heterocycles. The van der Waals surface area contributed by atoms with Crippen molar-refractivity contribution in [2.45, 2.75) is 45.3 Å². The monoisotopic (exact) mass is 239 g/mol. The van der Waals surface area contributed by atoms with Crippen LogP contribution in [0.3, 0.4) is 0 Å². The number of piperazine rings is 1. The zero-order valence-corrected chi connectivity index (χ0v) is 11.3. The molecule has 1 saturated heterocycles. The van der Waals surface area contributed by atoms with Gasteiger partial charge in [0.25, 0.3) is 0 Å². The van der Waals surface area contributed by atoms with Gasteiger partial charge in [-0.3, -0.25) is 4.90 Å². The van der Waals surface area contributed by atoms with E-state index in [0.29, 0.717) is 12.1 Å². The Morgan fingerprint density at radius 1 is 1.62 bits per heavy atom. The van der Waals surface area contributed by atoms with E-state index in [9.17, 15) is 0 Å². The van der Waals surface area contributed by atoms with Crippen LogP contribution in [0.25, 0.3) is 0 Å². The number of hydrogen-bond donors (Lipinski definition) is 1. The van der Waals surface area contributed by atoms with Crippen LogP contribution in [0.1, 0.15) is 38.7 Å². The van der Waals surface area contributed by atoms with Gasteiger partial charge < -0.3 is 5.32 Å². The molecule has 0 bridgehead atoms. The molecule has 1 fully saturated rings. The second-order valence-electron chi connectivity index (χ2n) is 5.33. The van der Waals surface area contributed by atoms with Crippen LogP contribution in [-0.2, 0) is 0 Å². The van der Waals surface area contributed by atoms with Gasteiger partial charge in [0.15, 0.2) is 0 Å². The molecule has 3 nitrogen and oxygen atoms in total. The Hall–Kier alpha value is -0.450. The molecule has 2 heterocycles. The van der Waals surface area contributed by atoms with Crippen LogP contribution < -0.4 is 5.32 Å². The lowest BCUT2D eigenvalue weighted by Gasteiger charge is -2.45. The van der Waals surface area contributed by atoms with Crippen molar-refractivity contribution in [1.82, 2.24) is 15.2 Å². The van der Waals surface area contributed by atoms with Crippen molar-refractivity contribution in [2.75, 3.05) is 13.1 Å². The standard InChI is InChI=1S/C12H21N3S/c1-9-7-14-12(3,4)8-15(9)10(2)11-13-5-6-16-11/h5-6,9-10,14H,7-8H2,1-4H3. The number of aromatic nitrogens is 1. The summed E-state index contributed by atoms with van der Waals surface area (Å²) >= 11 is 1.75. The highest BCUT2D eigenvalue weighted by Crippen LogP contribution is 2.27. The zero-order valence-electron chi connectivity index (χ0n) is 10.5. The first-order valence-electron chi connectivity index (χ1n) is 5.90. The summed E-state index contributed by atoms with van der Waals surface area (Å²) in [6, 6.07) is 1.00. The Balaban J connectivity index is 2.12. The fourth-order valence-corrected chi connectivity index (χ4v) is 3.03. The summed E-state index contributed by atoms with van der Waals surface area (Å²) < 4.78 is 0. The summed E-state index contributed by atoms with van der Waals surface area (Å²) in [4.78, 5) is 6.98. The minimum atomic E-state index is 0.206. The van der Waals surface area contributed by atoms with Gasteiger partial charge in [0.05, 0.1) is 6.04 Å². The third-order valence-corrected chi connectivity index (χ3v) is 4.27. The summed E-state index contributed by atoms with van der Waals surface area (Å²) in [6.07, 6.45) is 1.90. The fraction of sp³-hybridized carbons (Fsp3) is 0.750. The third kappa shape index (κ3) is 2.44. The van der Waals surface area contributed by atoms with E-state index in [0.717, 1.165) is 13.1 Å². The van der Waals surface area contributed by atoms with Gasteiger partial charge in [0, 0.05) is 36.2 Å². The van der Waals surface area contributed by atoms with E-state index in [1.807, 2.05) is 6.20 Å². The second kappa shape index (κ2) is 4.43. The Bertz CT molecular complexity index is 334. The molecule has 90 valence electrons. The molecule has 0 aliphatic carbocycles. The first-order valence-corrected chi connectivity index (χ1v) is 6.78. The minimum absolute atomic E-state index is 0.206. The van der Waals surface area contributed by atoms with E-state index >= 15 is 0 Å². The Labute approximate surface area is 102 Å². The van der Waals surface area contributed by atoms with Gasteiger partial charge in [-0.25, -0.2) is 4.98 Å². The SMILES string of the molecule is CC1CNC(C)(C)CN1C(C)c1nccs1. The quantitative estimate of drug-likeness (QED) is 0.858. The molecule has 1 N–H and O–H groups in total. The van der Waals surface area contributed by atoms with Crippen LogP contribution in [0.2, 0.25) is 0 Å². The van der Waals surface area contributed by atoms with Crippen molar-refractivity contribution in [1.29, 1.82) is 0 Å². The molecule has 1 aliphatic rings. The predicted molar refractivity (Wildman–Crippen MR) is 68.8 cm³/mol. The molecule has 1 aromatic heterocycles. The van der Waals surface area contributed by atoms with Gasteiger partial charge in [0.2, 0.25) is 0 Å². The molecule has 0 saturated carbocycles. The molecule has 0 aromatic carbocycles. The van der Waals surface area contributed by atoms with Crippen LogP contribution in [0, 0.1) is 0 Å². The molecule has 16 heavy (non-hydrogen) atoms. The van der Waals surface area contributed by atoms with E-state index in [2.05, 4.69) is 48.3 Å². The van der Waals surface area contributed by atoms with Crippen LogP contribution in [0.15, 0.2) is 11.6 Å². The molecular formula is C12H21N3S. The van der Waals surface area contributed by atoms with Crippen molar-refractivity contribution < 1.29 is 0 Å². The van der Waals surface area contributed by atoms with Crippen molar-refractivity contribution in [3.05, 3.63) is 16.6 Å². The van der Waals surface area contributed by atoms with Crippen LogP contribution in [0.5, 0.6) is 0 Å². The van der Waals surface area contributed by atoms with Crippen molar-refractivity contribution >= 4 is 11.3 Å². The van der Waals surface area contributed by atoms with Gasteiger partial charge in [0.1, 0.15) is 5.01 Å². The zero-order chi connectivity index (χ0) is 11.8. The average Bonchev–Trinajstić information content (AvgIpc) is 2.74. The van der Waals surface area contributed by atoms with Gasteiger partial charge in [-0.1, -0.05) is 0 Å². The molecule has 2 rings (SSSR count). The van der Waals surface area contributed by atoms with Gasteiger partial charge in [-0.15, -0.1) is 11.3 Å². The first-order chi connectivity index (χ1) is 7.49. The number of rotatable bonds is 2. The summed E-state index contributed by atoms with van der Waals surface area (Å²) in [5, 5.41) is 6.87. The lowest BCUT2D eigenvalue weighted by molar-refractivity contribution is 0.0688. The fourth-order valence-electron chi connectivity index (χ4n) is 2.31. The molecule has 0 spiro atoms. The summed E-state index contributed by atoms with van der Waals surface area (Å²) in [7, 11) is 0. The molecule has 2 unspecified atom stereocenters. The molecule has 1 aromatic rings. The maximum absolute atomic E-state index is 4.43.